The third-order valence-electron chi connectivity index (χ3n) is 0.625. The molecule has 0 rings (SSSR count). The topological polar surface area (TPSA) is 2.70 Å². The maximum atomic E-state index is 5.76. The Hall–Kier alpha value is 0.974. The van der Waals surface area contributed by atoms with E-state index in [1.54, 1.807) is 0 Å². The molecule has 0 bridgehead atoms. The molecule has 5 heteroatoms. The molecule has 0 aromatic heterocycles. The van der Waals surface area contributed by atoms with Crippen LogP contribution in [0.5, 0.6) is 0 Å². The Morgan fingerprint density at radius 3 is 2.00 bits per heavy atom. The highest BCUT2D eigenvalue weighted by molar-refractivity contribution is 7.06. The molecule has 0 heterocycles. The van der Waals surface area contributed by atoms with Gasteiger partial charge in [0.2, 0.25) is 11.9 Å². The van der Waals surface area contributed by atoms with Gasteiger partial charge in [-0.2, -0.15) is 0 Å². The molecule has 8 heavy (non-hydrogen) atoms. The maximum Gasteiger partial charge on any atom is 0.618 e. The SMILES string of the molecule is CC(C)[Si](Cl)[O+]([Si])Cl. The lowest BCUT2D eigenvalue weighted by Crippen LogP contribution is -2.19. The lowest BCUT2D eigenvalue weighted by Gasteiger charge is -2.07. The lowest BCUT2D eigenvalue weighted by molar-refractivity contribution is 0.476. The van der Waals surface area contributed by atoms with E-state index in [1.807, 2.05) is 13.8 Å². The molecule has 0 atom stereocenters. The van der Waals surface area contributed by atoms with Crippen molar-refractivity contribution in [3.8, 4) is 0 Å². The summed E-state index contributed by atoms with van der Waals surface area (Å²) < 4.78 is 2.08. The van der Waals surface area contributed by atoms with E-state index in [-0.39, 0.29) is 0 Å². The zero-order valence-corrected chi connectivity index (χ0v) is 8.25. The van der Waals surface area contributed by atoms with Crippen molar-refractivity contribution in [1.82, 2.24) is 0 Å². The first-order valence-corrected chi connectivity index (χ1v) is 5.41. The average Bonchev–Trinajstić information content (AvgIpc) is 1.64. The van der Waals surface area contributed by atoms with Crippen molar-refractivity contribution >= 4 is 41.8 Å². The minimum absolute atomic E-state index is 0.418. The van der Waals surface area contributed by atoms with Gasteiger partial charge in [-0.05, 0) is 0 Å². The van der Waals surface area contributed by atoms with Gasteiger partial charge < -0.3 is 3.30 Å². The second-order valence-electron chi connectivity index (χ2n) is 1.72. The first-order valence-electron chi connectivity index (χ1n) is 2.19. The molecule has 4 radical (unpaired) electrons. The first-order chi connectivity index (χ1) is 3.55. The van der Waals surface area contributed by atoms with Gasteiger partial charge in [-0.1, -0.05) is 24.9 Å². The molecule has 1 nitrogen and oxygen atoms in total. The zero-order chi connectivity index (χ0) is 6.73. The first kappa shape index (κ1) is 8.97. The molecule has 0 unspecified atom stereocenters. The monoisotopic (exact) mass is 185 g/mol. The smallest absolute Gasteiger partial charge is 0.472 e. The molecule has 0 spiro atoms. The number of rotatable bonds is 2. The molecule has 0 aliphatic carbocycles. The van der Waals surface area contributed by atoms with Crippen LogP contribution in [0, 0.1) is 0 Å². The van der Waals surface area contributed by atoms with E-state index in [9.17, 15) is 0 Å². The fourth-order valence-electron chi connectivity index (χ4n) is 0.207. The third-order valence-corrected chi connectivity index (χ3v) is 5.43. The Kier molecular flexibility index (Phi) is 4.37. The Morgan fingerprint density at radius 2 is 2.00 bits per heavy atom. The normalized spacial score (nSPS) is 12.0. The molecule has 0 aliphatic rings. The van der Waals surface area contributed by atoms with Gasteiger partial charge >= 0.3 is 18.8 Å². The van der Waals surface area contributed by atoms with Crippen molar-refractivity contribution in [3.05, 3.63) is 0 Å². The quantitative estimate of drug-likeness (QED) is 0.352. The van der Waals surface area contributed by atoms with Gasteiger partial charge in [0.15, 0.2) is 0 Å². The van der Waals surface area contributed by atoms with Gasteiger partial charge in [0.05, 0.1) is 0 Å². The fourth-order valence-corrected chi connectivity index (χ4v) is 1.86. The molecule has 0 aliphatic heterocycles. The van der Waals surface area contributed by atoms with Crippen molar-refractivity contribution in [2.75, 3.05) is 0 Å². The molecule has 0 fully saturated rings. The van der Waals surface area contributed by atoms with E-state index < -0.39 is 8.35 Å². The molecule has 0 saturated carbocycles. The van der Waals surface area contributed by atoms with E-state index in [0.717, 1.165) is 0 Å². The highest BCUT2D eigenvalue weighted by Crippen LogP contribution is 2.18. The second kappa shape index (κ2) is 3.90. The highest BCUT2D eigenvalue weighted by Gasteiger charge is 2.30. The van der Waals surface area contributed by atoms with Gasteiger partial charge in [-0.3, -0.25) is 0 Å². The molecular weight excluding hydrogens is 179 g/mol. The summed E-state index contributed by atoms with van der Waals surface area (Å²) in [5.74, 6) is 0. The molecule has 0 N–H and O–H groups in total. The summed E-state index contributed by atoms with van der Waals surface area (Å²) in [6.07, 6.45) is 0. The van der Waals surface area contributed by atoms with Gasteiger partial charge in [0.25, 0.3) is 0 Å². The lowest BCUT2D eigenvalue weighted by atomic mass is 10.6. The van der Waals surface area contributed by atoms with Crippen LogP contribution < -0.4 is 0 Å². The van der Waals surface area contributed by atoms with Crippen LogP contribution in [0.1, 0.15) is 13.8 Å². The number of hydrogen-bond acceptors (Lipinski definition) is 0. The largest absolute Gasteiger partial charge is 0.618 e. The van der Waals surface area contributed by atoms with Crippen molar-refractivity contribution in [2.45, 2.75) is 19.4 Å². The van der Waals surface area contributed by atoms with E-state index >= 15 is 0 Å². The summed E-state index contributed by atoms with van der Waals surface area (Å²) in [6, 6.07) is 0. The van der Waals surface area contributed by atoms with Crippen molar-refractivity contribution < 1.29 is 3.30 Å². The predicted octanol–water partition coefficient (Wildman–Crippen LogP) is 1.91. The van der Waals surface area contributed by atoms with Crippen LogP contribution >= 0.6 is 22.9 Å². The molecule has 0 saturated heterocycles. The van der Waals surface area contributed by atoms with Crippen molar-refractivity contribution in [1.29, 1.82) is 0 Å². The Bertz CT molecular complexity index is 60.3. The van der Waals surface area contributed by atoms with Crippen LogP contribution in [0.15, 0.2) is 0 Å². The van der Waals surface area contributed by atoms with E-state index in [2.05, 4.69) is 13.8 Å². The van der Waals surface area contributed by atoms with Gasteiger partial charge in [0, 0.05) is 5.54 Å². The number of hydrogen-bond donors (Lipinski definition) is 0. The molecule has 46 valence electrons. The summed E-state index contributed by atoms with van der Waals surface area (Å²) in [6.45, 7) is 4.04. The Labute approximate surface area is 64.8 Å². The number of halogens is 2. The van der Waals surface area contributed by atoms with Gasteiger partial charge in [0.1, 0.15) is 0 Å². The Balaban J connectivity index is 3.46. The van der Waals surface area contributed by atoms with E-state index in [0.29, 0.717) is 5.54 Å². The van der Waals surface area contributed by atoms with Crippen LogP contribution in [0.4, 0.5) is 0 Å². The van der Waals surface area contributed by atoms with E-state index in [4.69, 9.17) is 22.9 Å². The van der Waals surface area contributed by atoms with Crippen LogP contribution in [-0.4, -0.2) is 18.8 Å². The highest BCUT2D eigenvalue weighted by atomic mass is 35.6. The standard InChI is InChI=1S/C3H7Cl2OSi2/c1-3(2)8(5)6(4)7/h3H,1-2H3/q+1. The van der Waals surface area contributed by atoms with Crippen LogP contribution in [0.3, 0.4) is 0 Å². The Morgan fingerprint density at radius 1 is 1.62 bits per heavy atom. The fraction of sp³-hybridized carbons (Fsp3) is 1.00. The minimum Gasteiger partial charge on any atom is -0.472 e. The van der Waals surface area contributed by atoms with Gasteiger partial charge in [-0.15, -0.1) is 0 Å². The molecular formula is C3H7Cl2OSi2+. The molecule has 0 aromatic carbocycles. The summed E-state index contributed by atoms with van der Waals surface area (Å²) in [7, 11) is 1.89. The predicted molar refractivity (Wildman–Crippen MR) is 39.4 cm³/mol. The van der Waals surface area contributed by atoms with E-state index in [1.165, 1.54) is 0 Å². The summed E-state index contributed by atoms with van der Waals surface area (Å²) in [5, 5.41) is 0. The van der Waals surface area contributed by atoms with Crippen molar-refractivity contribution in [3.63, 3.8) is 0 Å². The zero-order valence-electron chi connectivity index (χ0n) is 4.74. The summed E-state index contributed by atoms with van der Waals surface area (Å²) in [4.78, 5) is 0. The summed E-state index contributed by atoms with van der Waals surface area (Å²) >= 11 is 11.2. The maximum absolute atomic E-state index is 5.76. The third kappa shape index (κ3) is 3.09. The molecule has 0 amide bonds. The van der Waals surface area contributed by atoms with Gasteiger partial charge in [-0.25, -0.2) is 0 Å². The summed E-state index contributed by atoms with van der Waals surface area (Å²) in [5.41, 5.74) is 0.418. The van der Waals surface area contributed by atoms with Crippen LogP contribution in [-0.2, 0) is 3.30 Å². The molecule has 0 aromatic rings. The minimum atomic E-state index is -1.12. The second-order valence-corrected chi connectivity index (χ2v) is 6.65. The average molecular weight is 186 g/mol. The van der Waals surface area contributed by atoms with Crippen LogP contribution in [0.2, 0.25) is 5.54 Å². The van der Waals surface area contributed by atoms with Crippen molar-refractivity contribution in [2.24, 2.45) is 0 Å². The van der Waals surface area contributed by atoms with Crippen LogP contribution in [0.25, 0.3) is 0 Å².